The van der Waals surface area contributed by atoms with Gasteiger partial charge in [0.2, 0.25) is 11.8 Å². The van der Waals surface area contributed by atoms with E-state index < -0.39 is 0 Å². The topological polar surface area (TPSA) is 76.0 Å². The number of aryl methyl sites for hydroxylation is 2. The van der Waals surface area contributed by atoms with Crippen molar-refractivity contribution in [3.8, 4) is 0 Å². The maximum absolute atomic E-state index is 12.0. The Bertz CT molecular complexity index is 471. The van der Waals surface area contributed by atoms with Crippen LogP contribution in [0.15, 0.2) is 6.20 Å². The van der Waals surface area contributed by atoms with E-state index in [-0.39, 0.29) is 17.7 Å². The number of piperidine rings is 1. The second-order valence-corrected chi connectivity index (χ2v) is 4.89. The van der Waals surface area contributed by atoms with E-state index in [1.165, 1.54) is 0 Å². The molecule has 1 atom stereocenters. The Balaban J connectivity index is 1.87. The largest absolute Gasteiger partial charge is 0.355 e. The van der Waals surface area contributed by atoms with Gasteiger partial charge in [-0.05, 0) is 12.8 Å². The highest BCUT2D eigenvalue weighted by atomic mass is 16.2. The number of carbonyl (C=O) groups excluding carboxylic acids is 2. The second-order valence-electron chi connectivity index (χ2n) is 4.89. The third kappa shape index (κ3) is 3.33. The summed E-state index contributed by atoms with van der Waals surface area (Å²) in [6, 6.07) is 0. The Labute approximate surface area is 112 Å². The van der Waals surface area contributed by atoms with Gasteiger partial charge in [-0.3, -0.25) is 14.3 Å². The van der Waals surface area contributed by atoms with Gasteiger partial charge in [0.05, 0.1) is 11.6 Å². The van der Waals surface area contributed by atoms with Crippen molar-refractivity contribution >= 4 is 11.8 Å². The summed E-state index contributed by atoms with van der Waals surface area (Å²) in [5.41, 5.74) is 2.07. The van der Waals surface area contributed by atoms with Gasteiger partial charge in [0.15, 0.2) is 0 Å². The lowest BCUT2D eigenvalue weighted by Gasteiger charge is -2.21. The number of nitrogens with zero attached hydrogens (tertiary/aromatic N) is 2. The average Bonchev–Trinajstić information content (AvgIpc) is 2.77. The molecule has 1 aliphatic rings. The molecule has 104 valence electrons. The van der Waals surface area contributed by atoms with Gasteiger partial charge in [-0.25, -0.2) is 0 Å². The van der Waals surface area contributed by atoms with Crippen LogP contribution in [0.3, 0.4) is 0 Å². The lowest BCUT2D eigenvalue weighted by atomic mass is 9.98. The predicted octanol–water partition coefficient (Wildman–Crippen LogP) is 0.125. The Hall–Kier alpha value is -1.85. The van der Waals surface area contributed by atoms with Crippen molar-refractivity contribution < 1.29 is 9.59 Å². The van der Waals surface area contributed by atoms with E-state index in [4.69, 9.17) is 0 Å². The van der Waals surface area contributed by atoms with Crippen LogP contribution in [0.4, 0.5) is 0 Å². The molecule has 1 unspecified atom stereocenters. The minimum absolute atomic E-state index is 0.00547. The molecule has 0 spiro atoms. The fraction of sp³-hybridized carbons (Fsp3) is 0.615. The van der Waals surface area contributed by atoms with Crippen LogP contribution in [0.2, 0.25) is 0 Å². The summed E-state index contributed by atoms with van der Waals surface area (Å²) in [5, 5.41) is 9.99. The highest BCUT2D eigenvalue weighted by Gasteiger charge is 2.24. The number of amides is 2. The summed E-state index contributed by atoms with van der Waals surface area (Å²) in [6.45, 7) is 2.99. The van der Waals surface area contributed by atoms with Crippen LogP contribution >= 0.6 is 0 Å². The predicted molar refractivity (Wildman–Crippen MR) is 70.2 cm³/mol. The molecule has 6 heteroatoms. The number of carbonyl (C=O) groups is 2. The van der Waals surface area contributed by atoms with E-state index in [1.807, 2.05) is 20.2 Å². The summed E-state index contributed by atoms with van der Waals surface area (Å²) in [7, 11) is 1.88. The van der Waals surface area contributed by atoms with Gasteiger partial charge < -0.3 is 10.6 Å². The van der Waals surface area contributed by atoms with E-state index in [0.29, 0.717) is 25.9 Å². The number of aromatic nitrogens is 2. The van der Waals surface area contributed by atoms with Crippen molar-refractivity contribution in [2.75, 3.05) is 6.54 Å². The third-order valence-corrected chi connectivity index (χ3v) is 3.42. The van der Waals surface area contributed by atoms with Crippen molar-refractivity contribution in [3.05, 3.63) is 17.5 Å². The smallest absolute Gasteiger partial charge is 0.225 e. The lowest BCUT2D eigenvalue weighted by molar-refractivity contribution is -0.129. The van der Waals surface area contributed by atoms with E-state index in [2.05, 4.69) is 15.7 Å². The Morgan fingerprint density at radius 3 is 3.05 bits per heavy atom. The molecule has 0 radical (unpaired) electrons. The van der Waals surface area contributed by atoms with Gasteiger partial charge in [-0.15, -0.1) is 0 Å². The average molecular weight is 264 g/mol. The van der Waals surface area contributed by atoms with Crippen LogP contribution < -0.4 is 10.6 Å². The number of rotatable bonds is 4. The molecule has 1 aromatic rings. The molecule has 19 heavy (non-hydrogen) atoms. The molecule has 0 saturated carbocycles. The molecule has 2 rings (SSSR count). The van der Waals surface area contributed by atoms with Crippen molar-refractivity contribution in [2.24, 2.45) is 13.0 Å². The lowest BCUT2D eigenvalue weighted by Crippen LogP contribution is -2.42. The molecular formula is C13H20N4O2. The molecule has 2 N–H and O–H groups in total. The molecule has 1 fully saturated rings. The third-order valence-electron chi connectivity index (χ3n) is 3.42. The quantitative estimate of drug-likeness (QED) is 0.811. The van der Waals surface area contributed by atoms with Crippen molar-refractivity contribution in [1.82, 2.24) is 20.4 Å². The molecular weight excluding hydrogens is 244 g/mol. The van der Waals surface area contributed by atoms with Crippen LogP contribution in [0, 0.1) is 5.92 Å². The maximum atomic E-state index is 12.0. The summed E-state index contributed by atoms with van der Waals surface area (Å²) < 4.78 is 1.77. The minimum Gasteiger partial charge on any atom is -0.355 e. The monoisotopic (exact) mass is 264 g/mol. The minimum atomic E-state index is -0.112. The van der Waals surface area contributed by atoms with Crippen LogP contribution in [0.25, 0.3) is 0 Å². The zero-order chi connectivity index (χ0) is 13.8. The molecule has 0 bridgehead atoms. The highest BCUT2D eigenvalue weighted by Crippen LogP contribution is 2.12. The SMILES string of the molecule is CCc1nn(C)cc1CNC(=O)C1CCC(=O)NC1. The first-order chi connectivity index (χ1) is 9.10. The number of hydrogen-bond acceptors (Lipinski definition) is 3. The van der Waals surface area contributed by atoms with Crippen molar-refractivity contribution in [3.63, 3.8) is 0 Å². The number of hydrogen-bond donors (Lipinski definition) is 2. The highest BCUT2D eigenvalue weighted by molar-refractivity contribution is 5.83. The molecule has 0 aliphatic carbocycles. The van der Waals surface area contributed by atoms with Gasteiger partial charge in [-0.1, -0.05) is 6.92 Å². The first-order valence-electron chi connectivity index (χ1n) is 6.66. The van der Waals surface area contributed by atoms with E-state index in [9.17, 15) is 9.59 Å². The van der Waals surface area contributed by atoms with Gasteiger partial charge in [0.1, 0.15) is 0 Å². The Kier molecular flexibility index (Phi) is 4.19. The van der Waals surface area contributed by atoms with Gasteiger partial charge in [-0.2, -0.15) is 5.10 Å². The van der Waals surface area contributed by atoms with Crippen LogP contribution in [-0.2, 0) is 29.6 Å². The summed E-state index contributed by atoms with van der Waals surface area (Å²) >= 11 is 0. The van der Waals surface area contributed by atoms with E-state index >= 15 is 0 Å². The van der Waals surface area contributed by atoms with E-state index in [1.54, 1.807) is 4.68 Å². The van der Waals surface area contributed by atoms with Crippen LogP contribution in [-0.4, -0.2) is 28.1 Å². The molecule has 2 heterocycles. The van der Waals surface area contributed by atoms with Gasteiger partial charge in [0.25, 0.3) is 0 Å². The normalized spacial score (nSPS) is 19.1. The molecule has 1 saturated heterocycles. The Morgan fingerprint density at radius 1 is 1.63 bits per heavy atom. The first-order valence-corrected chi connectivity index (χ1v) is 6.66. The van der Waals surface area contributed by atoms with E-state index in [0.717, 1.165) is 17.7 Å². The zero-order valence-electron chi connectivity index (χ0n) is 11.4. The van der Waals surface area contributed by atoms with Crippen molar-refractivity contribution in [2.45, 2.75) is 32.7 Å². The zero-order valence-corrected chi connectivity index (χ0v) is 11.4. The molecule has 6 nitrogen and oxygen atoms in total. The fourth-order valence-corrected chi connectivity index (χ4v) is 2.31. The maximum Gasteiger partial charge on any atom is 0.225 e. The summed E-state index contributed by atoms with van der Waals surface area (Å²) in [4.78, 5) is 23.0. The second kappa shape index (κ2) is 5.86. The molecule has 2 amide bonds. The van der Waals surface area contributed by atoms with Gasteiger partial charge in [0, 0.05) is 38.3 Å². The molecule has 0 aromatic carbocycles. The van der Waals surface area contributed by atoms with Gasteiger partial charge >= 0.3 is 0 Å². The molecule has 1 aromatic heterocycles. The van der Waals surface area contributed by atoms with Crippen molar-refractivity contribution in [1.29, 1.82) is 0 Å². The summed E-state index contributed by atoms with van der Waals surface area (Å²) in [6.07, 6.45) is 3.85. The first kappa shape index (κ1) is 13.6. The fourth-order valence-electron chi connectivity index (χ4n) is 2.31. The van der Waals surface area contributed by atoms with Crippen LogP contribution in [0.1, 0.15) is 31.0 Å². The Morgan fingerprint density at radius 2 is 2.42 bits per heavy atom. The summed E-state index contributed by atoms with van der Waals surface area (Å²) in [5.74, 6) is -0.0741. The standard InChI is InChI=1S/C13H20N4O2/c1-3-11-10(8-17(2)16-11)7-15-13(19)9-4-5-12(18)14-6-9/h8-9H,3-7H2,1-2H3,(H,14,18)(H,15,19). The number of nitrogens with one attached hydrogen (secondary N) is 2. The molecule has 1 aliphatic heterocycles. The van der Waals surface area contributed by atoms with Crippen LogP contribution in [0.5, 0.6) is 0 Å².